The van der Waals surface area contributed by atoms with Gasteiger partial charge in [-0.1, -0.05) is 12.1 Å². The first-order valence-corrected chi connectivity index (χ1v) is 9.39. The van der Waals surface area contributed by atoms with Crippen molar-refractivity contribution in [2.75, 3.05) is 11.9 Å². The fourth-order valence-electron chi connectivity index (χ4n) is 3.58. The van der Waals surface area contributed by atoms with Crippen LogP contribution in [0.2, 0.25) is 0 Å². The average Bonchev–Trinajstić information content (AvgIpc) is 3.27. The van der Waals surface area contributed by atoms with Crippen LogP contribution in [-0.2, 0) is 11.8 Å². The van der Waals surface area contributed by atoms with Gasteiger partial charge in [0.05, 0.1) is 5.52 Å². The molecule has 1 aromatic carbocycles. The van der Waals surface area contributed by atoms with Crippen LogP contribution in [0.25, 0.3) is 28.1 Å². The Kier molecular flexibility index (Phi) is 3.92. The van der Waals surface area contributed by atoms with E-state index in [1.807, 2.05) is 37.4 Å². The Labute approximate surface area is 160 Å². The van der Waals surface area contributed by atoms with Gasteiger partial charge in [-0.05, 0) is 37.5 Å². The van der Waals surface area contributed by atoms with Crippen LogP contribution >= 0.6 is 0 Å². The van der Waals surface area contributed by atoms with Crippen LogP contribution in [0.5, 0.6) is 0 Å². The summed E-state index contributed by atoms with van der Waals surface area (Å²) in [5.74, 6) is 1.07. The third kappa shape index (κ3) is 2.75. The first-order chi connectivity index (χ1) is 13.7. The lowest BCUT2D eigenvalue weighted by Crippen LogP contribution is -2.38. The molecule has 1 amide bonds. The summed E-state index contributed by atoms with van der Waals surface area (Å²) < 4.78 is 3.42. The molecular formula is C19H20N8O. The second-order valence-corrected chi connectivity index (χ2v) is 6.95. The van der Waals surface area contributed by atoms with Gasteiger partial charge in [0.1, 0.15) is 11.7 Å². The molecule has 2 N–H and O–H groups in total. The lowest BCUT2D eigenvalue weighted by molar-refractivity contribution is -0.121. The number of carbonyl (C=O) groups excluding carboxylic acids is 1. The summed E-state index contributed by atoms with van der Waals surface area (Å²) in [7, 11) is 1.85. The summed E-state index contributed by atoms with van der Waals surface area (Å²) in [4.78, 5) is 21.9. The van der Waals surface area contributed by atoms with Gasteiger partial charge in [0.25, 0.3) is 0 Å². The molecule has 3 aromatic heterocycles. The zero-order valence-corrected chi connectivity index (χ0v) is 15.5. The topological polar surface area (TPSA) is 102 Å². The van der Waals surface area contributed by atoms with Crippen LogP contribution in [0.3, 0.4) is 0 Å². The van der Waals surface area contributed by atoms with Crippen molar-refractivity contribution in [3.05, 3.63) is 36.5 Å². The molecule has 4 heterocycles. The third-order valence-electron chi connectivity index (χ3n) is 5.07. The second kappa shape index (κ2) is 6.59. The molecule has 9 heteroatoms. The smallest absolute Gasteiger partial charge is 0.242 e. The Morgan fingerprint density at radius 2 is 2.07 bits per heavy atom. The SMILES string of the molecule is Cn1nccc1-c1nc2c3ccccc3nc(N[C@@H]3CCCCNC3=O)n2n1. The number of aryl methyl sites for hydroxylation is 1. The second-order valence-electron chi connectivity index (χ2n) is 6.95. The first kappa shape index (κ1) is 16.7. The van der Waals surface area contributed by atoms with E-state index in [4.69, 9.17) is 9.97 Å². The van der Waals surface area contributed by atoms with Gasteiger partial charge in [-0.2, -0.15) is 9.61 Å². The number of fused-ring (bicyclic) bond motifs is 3. The molecule has 1 aliphatic heterocycles. The third-order valence-corrected chi connectivity index (χ3v) is 5.07. The monoisotopic (exact) mass is 376 g/mol. The number of hydrogen-bond acceptors (Lipinski definition) is 6. The molecule has 0 unspecified atom stereocenters. The molecule has 0 radical (unpaired) electrons. The molecule has 5 rings (SSSR count). The van der Waals surface area contributed by atoms with Crippen molar-refractivity contribution < 1.29 is 4.79 Å². The zero-order valence-electron chi connectivity index (χ0n) is 15.5. The summed E-state index contributed by atoms with van der Waals surface area (Å²) >= 11 is 0. The van der Waals surface area contributed by atoms with Gasteiger partial charge < -0.3 is 10.6 Å². The number of aromatic nitrogens is 6. The molecule has 0 saturated carbocycles. The fourth-order valence-corrected chi connectivity index (χ4v) is 3.58. The Hall–Kier alpha value is -3.49. The number of benzene rings is 1. The van der Waals surface area contributed by atoms with Crippen molar-refractivity contribution in [2.24, 2.45) is 7.05 Å². The Balaban J connectivity index is 1.67. The highest BCUT2D eigenvalue weighted by atomic mass is 16.2. The van der Waals surface area contributed by atoms with Crippen LogP contribution in [0.15, 0.2) is 36.5 Å². The molecule has 0 aliphatic carbocycles. The number of anilines is 1. The Morgan fingerprint density at radius 3 is 2.93 bits per heavy atom. The molecule has 28 heavy (non-hydrogen) atoms. The summed E-state index contributed by atoms with van der Waals surface area (Å²) in [5, 5.41) is 16.0. The van der Waals surface area contributed by atoms with Crippen LogP contribution < -0.4 is 10.6 Å². The van der Waals surface area contributed by atoms with Gasteiger partial charge in [0, 0.05) is 25.2 Å². The predicted octanol–water partition coefficient (Wildman–Crippen LogP) is 1.76. The normalized spacial score (nSPS) is 17.6. The zero-order chi connectivity index (χ0) is 19.1. The quantitative estimate of drug-likeness (QED) is 0.565. The minimum atomic E-state index is -0.344. The maximum atomic E-state index is 12.4. The van der Waals surface area contributed by atoms with Crippen LogP contribution in [-0.4, -0.2) is 47.9 Å². The number of hydrogen-bond donors (Lipinski definition) is 2. The molecule has 9 nitrogen and oxygen atoms in total. The largest absolute Gasteiger partial charge is 0.354 e. The Bertz CT molecular complexity index is 1180. The predicted molar refractivity (Wildman–Crippen MR) is 105 cm³/mol. The molecule has 1 aliphatic rings. The van der Waals surface area contributed by atoms with Gasteiger partial charge in [-0.25, -0.2) is 9.97 Å². The minimum absolute atomic E-state index is 0.00687. The highest BCUT2D eigenvalue weighted by molar-refractivity contribution is 5.93. The first-order valence-electron chi connectivity index (χ1n) is 9.39. The van der Waals surface area contributed by atoms with Crippen molar-refractivity contribution >= 4 is 28.4 Å². The number of carbonyl (C=O) groups is 1. The summed E-state index contributed by atoms with van der Waals surface area (Å²) in [6.45, 7) is 0.714. The molecule has 0 spiro atoms. The number of nitrogens with one attached hydrogen (secondary N) is 2. The fraction of sp³-hybridized carbons (Fsp3) is 0.316. The number of rotatable bonds is 3. The van der Waals surface area contributed by atoms with E-state index < -0.39 is 0 Å². The van der Waals surface area contributed by atoms with E-state index in [-0.39, 0.29) is 11.9 Å². The van der Waals surface area contributed by atoms with Gasteiger partial charge in [-0.3, -0.25) is 9.48 Å². The van der Waals surface area contributed by atoms with Gasteiger partial charge in [0.2, 0.25) is 17.7 Å². The molecule has 1 atom stereocenters. The van der Waals surface area contributed by atoms with Crippen LogP contribution in [0.4, 0.5) is 5.95 Å². The van der Waals surface area contributed by atoms with E-state index in [0.29, 0.717) is 24.0 Å². The van der Waals surface area contributed by atoms with E-state index in [1.54, 1.807) is 15.4 Å². The minimum Gasteiger partial charge on any atom is -0.354 e. The maximum Gasteiger partial charge on any atom is 0.242 e. The number of nitrogens with zero attached hydrogens (tertiary/aromatic N) is 6. The molecule has 1 fully saturated rings. The summed E-state index contributed by atoms with van der Waals surface area (Å²) in [5.41, 5.74) is 2.31. The van der Waals surface area contributed by atoms with Gasteiger partial charge in [0.15, 0.2) is 5.65 Å². The van der Waals surface area contributed by atoms with E-state index in [0.717, 1.165) is 35.9 Å². The maximum absolute atomic E-state index is 12.4. The number of para-hydroxylation sites is 1. The lowest BCUT2D eigenvalue weighted by atomic mass is 10.1. The van der Waals surface area contributed by atoms with E-state index >= 15 is 0 Å². The van der Waals surface area contributed by atoms with E-state index in [9.17, 15) is 4.79 Å². The van der Waals surface area contributed by atoms with E-state index in [2.05, 4.69) is 20.8 Å². The van der Waals surface area contributed by atoms with Crippen molar-refractivity contribution in [1.82, 2.24) is 34.7 Å². The average molecular weight is 376 g/mol. The highest BCUT2D eigenvalue weighted by Crippen LogP contribution is 2.24. The molecule has 0 bridgehead atoms. The van der Waals surface area contributed by atoms with Crippen molar-refractivity contribution in [3.8, 4) is 11.5 Å². The van der Waals surface area contributed by atoms with Crippen LogP contribution in [0.1, 0.15) is 19.3 Å². The number of amides is 1. The highest BCUT2D eigenvalue weighted by Gasteiger charge is 2.23. The molecule has 4 aromatic rings. The van der Waals surface area contributed by atoms with Crippen molar-refractivity contribution in [3.63, 3.8) is 0 Å². The van der Waals surface area contributed by atoms with Crippen LogP contribution in [0, 0.1) is 0 Å². The van der Waals surface area contributed by atoms with E-state index in [1.165, 1.54) is 0 Å². The summed E-state index contributed by atoms with van der Waals surface area (Å²) in [6, 6.07) is 9.33. The summed E-state index contributed by atoms with van der Waals surface area (Å²) in [6.07, 6.45) is 4.43. The van der Waals surface area contributed by atoms with Gasteiger partial charge in [-0.15, -0.1) is 5.10 Å². The molecular weight excluding hydrogens is 356 g/mol. The van der Waals surface area contributed by atoms with Crippen molar-refractivity contribution in [1.29, 1.82) is 0 Å². The standard InChI is InChI=1S/C19H20N8O/c1-26-15(9-11-21-26)16-24-17-12-6-2-3-7-13(12)22-19(27(17)25-16)23-14-8-4-5-10-20-18(14)28/h2-3,6-7,9,11,14H,4-5,8,10H2,1H3,(H,20,28)(H,22,23)/t14-/m1/s1. The van der Waals surface area contributed by atoms with Crippen molar-refractivity contribution in [2.45, 2.75) is 25.3 Å². The lowest BCUT2D eigenvalue weighted by Gasteiger charge is -2.16. The molecule has 142 valence electrons. The van der Waals surface area contributed by atoms with Gasteiger partial charge >= 0.3 is 0 Å². The molecule has 1 saturated heterocycles. The Morgan fingerprint density at radius 1 is 1.18 bits per heavy atom.